The molecule has 4 nitrogen and oxygen atoms in total. The van der Waals surface area contributed by atoms with Crippen LogP contribution in [0.4, 0.5) is 10.1 Å². The first kappa shape index (κ1) is 12.8. The van der Waals surface area contributed by atoms with Gasteiger partial charge in [0.05, 0.1) is 0 Å². The summed E-state index contributed by atoms with van der Waals surface area (Å²) in [5.41, 5.74) is 6.29. The van der Waals surface area contributed by atoms with Crippen molar-refractivity contribution in [2.75, 3.05) is 5.73 Å². The Hall–Kier alpha value is -2.69. The second kappa shape index (κ2) is 4.89. The Labute approximate surface area is 108 Å². The summed E-state index contributed by atoms with van der Waals surface area (Å²) < 4.78 is 13.7. The number of carboxylic acids is 1. The highest BCUT2D eigenvalue weighted by Crippen LogP contribution is 2.27. The molecule has 3 N–H and O–H groups in total. The number of aromatic carboxylic acids is 1. The topological polar surface area (TPSA) is 80.4 Å². The lowest BCUT2D eigenvalue weighted by molar-refractivity contribution is 0.0693. The molecule has 0 aliphatic heterocycles. The summed E-state index contributed by atoms with van der Waals surface area (Å²) in [7, 11) is 0. The van der Waals surface area contributed by atoms with Crippen LogP contribution < -0.4 is 5.73 Å². The van der Waals surface area contributed by atoms with Crippen LogP contribution >= 0.6 is 0 Å². The average molecular weight is 259 g/mol. The molecule has 0 unspecified atom stereocenters. The lowest BCUT2D eigenvalue weighted by Gasteiger charge is -2.07. The maximum atomic E-state index is 13.7. The van der Waals surface area contributed by atoms with E-state index in [0.29, 0.717) is 23.0 Å². The Kier molecular flexibility index (Phi) is 3.29. The van der Waals surface area contributed by atoms with Gasteiger partial charge in [0.2, 0.25) is 0 Å². The van der Waals surface area contributed by atoms with Crippen molar-refractivity contribution in [1.29, 1.82) is 0 Å². The fraction of sp³-hybridized carbons (Fsp3) is 0. The minimum absolute atomic E-state index is 0.154. The highest BCUT2D eigenvalue weighted by atomic mass is 19.1. The molecule has 5 heteroatoms. The number of rotatable bonds is 3. The molecule has 2 rings (SSSR count). The summed E-state index contributed by atoms with van der Waals surface area (Å²) in [4.78, 5) is 21.5. The maximum Gasteiger partial charge on any atom is 0.340 e. The van der Waals surface area contributed by atoms with Gasteiger partial charge >= 0.3 is 5.97 Å². The van der Waals surface area contributed by atoms with Crippen molar-refractivity contribution < 1.29 is 19.1 Å². The summed E-state index contributed by atoms with van der Waals surface area (Å²) >= 11 is 0. The zero-order chi connectivity index (χ0) is 14.0. The van der Waals surface area contributed by atoms with Crippen molar-refractivity contribution >= 4 is 17.9 Å². The summed E-state index contributed by atoms with van der Waals surface area (Å²) in [5, 5.41) is 8.82. The maximum absolute atomic E-state index is 13.7. The molecular formula is C14H10FNO3. The molecular weight excluding hydrogens is 249 g/mol. The number of hydrogen-bond donors (Lipinski definition) is 2. The van der Waals surface area contributed by atoms with E-state index in [-0.39, 0.29) is 5.69 Å². The number of benzene rings is 2. The van der Waals surface area contributed by atoms with E-state index in [4.69, 9.17) is 10.8 Å². The van der Waals surface area contributed by atoms with E-state index in [1.54, 1.807) is 24.3 Å². The van der Waals surface area contributed by atoms with Gasteiger partial charge in [0.25, 0.3) is 0 Å². The molecule has 96 valence electrons. The Balaban J connectivity index is 2.58. The van der Waals surface area contributed by atoms with Crippen molar-refractivity contribution in [2.45, 2.75) is 0 Å². The molecule has 0 aliphatic rings. The zero-order valence-electron chi connectivity index (χ0n) is 9.76. The summed E-state index contributed by atoms with van der Waals surface area (Å²) in [6.45, 7) is 0. The molecule has 0 saturated carbocycles. The Morgan fingerprint density at radius 3 is 2.53 bits per heavy atom. The number of halogens is 1. The third kappa shape index (κ3) is 2.44. The largest absolute Gasteiger partial charge is 0.478 e. The monoisotopic (exact) mass is 259 g/mol. The van der Waals surface area contributed by atoms with E-state index in [1.165, 1.54) is 6.07 Å². The van der Waals surface area contributed by atoms with E-state index in [9.17, 15) is 14.0 Å². The van der Waals surface area contributed by atoms with Crippen molar-refractivity contribution in [1.82, 2.24) is 0 Å². The second-order valence-electron chi connectivity index (χ2n) is 3.97. The SMILES string of the molecule is Nc1cc(-c2cccc(C=O)c2)cc(F)c1C(=O)O. The van der Waals surface area contributed by atoms with E-state index in [1.807, 2.05) is 0 Å². The zero-order valence-corrected chi connectivity index (χ0v) is 9.76. The van der Waals surface area contributed by atoms with Gasteiger partial charge in [-0.05, 0) is 29.3 Å². The molecule has 2 aromatic carbocycles. The number of anilines is 1. The third-order valence-corrected chi connectivity index (χ3v) is 2.69. The molecule has 19 heavy (non-hydrogen) atoms. The van der Waals surface area contributed by atoms with E-state index in [0.717, 1.165) is 6.07 Å². The van der Waals surface area contributed by atoms with Gasteiger partial charge in [0.15, 0.2) is 0 Å². The number of aldehydes is 1. The normalized spacial score (nSPS) is 10.2. The van der Waals surface area contributed by atoms with Crippen LogP contribution in [0.5, 0.6) is 0 Å². The molecule has 0 aliphatic carbocycles. The van der Waals surface area contributed by atoms with Crippen molar-refractivity contribution in [3.8, 4) is 11.1 Å². The van der Waals surface area contributed by atoms with Gasteiger partial charge in [-0.1, -0.05) is 18.2 Å². The van der Waals surface area contributed by atoms with Gasteiger partial charge in [-0.2, -0.15) is 0 Å². The van der Waals surface area contributed by atoms with Crippen molar-refractivity contribution in [3.63, 3.8) is 0 Å². The van der Waals surface area contributed by atoms with Crippen molar-refractivity contribution in [3.05, 3.63) is 53.3 Å². The number of hydrogen-bond acceptors (Lipinski definition) is 3. The number of carbonyl (C=O) groups excluding carboxylic acids is 1. The number of nitrogens with two attached hydrogens (primary N) is 1. The summed E-state index contributed by atoms with van der Waals surface area (Å²) in [6.07, 6.45) is 0.675. The molecule has 0 heterocycles. The average Bonchev–Trinajstić information content (AvgIpc) is 2.37. The van der Waals surface area contributed by atoms with Gasteiger partial charge < -0.3 is 10.8 Å². The van der Waals surface area contributed by atoms with Crippen LogP contribution in [0.15, 0.2) is 36.4 Å². The lowest BCUT2D eigenvalue weighted by Crippen LogP contribution is -2.06. The van der Waals surface area contributed by atoms with Gasteiger partial charge in [-0.25, -0.2) is 9.18 Å². The summed E-state index contributed by atoms with van der Waals surface area (Å²) in [6, 6.07) is 8.98. The van der Waals surface area contributed by atoms with Crippen LogP contribution in [0.1, 0.15) is 20.7 Å². The smallest absolute Gasteiger partial charge is 0.340 e. The molecule has 0 aromatic heterocycles. The van der Waals surface area contributed by atoms with Gasteiger partial charge in [0.1, 0.15) is 17.7 Å². The number of carboxylic acid groups (broad SMARTS) is 1. The Morgan fingerprint density at radius 1 is 1.21 bits per heavy atom. The second-order valence-corrected chi connectivity index (χ2v) is 3.97. The highest BCUT2D eigenvalue weighted by molar-refractivity contribution is 5.95. The predicted octanol–water partition coefficient (Wildman–Crippen LogP) is 2.59. The highest BCUT2D eigenvalue weighted by Gasteiger charge is 2.16. The minimum Gasteiger partial charge on any atom is -0.478 e. The first-order chi connectivity index (χ1) is 9.02. The van der Waals surface area contributed by atoms with Crippen LogP contribution in [0.3, 0.4) is 0 Å². The molecule has 0 saturated heterocycles. The predicted molar refractivity (Wildman–Crippen MR) is 68.6 cm³/mol. The fourth-order valence-corrected chi connectivity index (χ4v) is 1.81. The molecule has 0 amide bonds. The first-order valence-electron chi connectivity index (χ1n) is 5.41. The standard InChI is InChI=1S/C14H10FNO3/c15-11-5-10(6-12(16)13(11)14(18)19)9-3-1-2-8(4-9)7-17/h1-7H,16H2,(H,18,19). The number of carbonyl (C=O) groups is 2. The summed E-state index contributed by atoms with van der Waals surface area (Å²) in [5.74, 6) is -2.32. The molecule has 2 aromatic rings. The van der Waals surface area contributed by atoms with Crippen molar-refractivity contribution in [2.24, 2.45) is 0 Å². The molecule has 0 spiro atoms. The van der Waals surface area contributed by atoms with Crippen LogP contribution in [0.25, 0.3) is 11.1 Å². The third-order valence-electron chi connectivity index (χ3n) is 2.69. The van der Waals surface area contributed by atoms with Crippen LogP contribution in [0.2, 0.25) is 0 Å². The molecule has 0 atom stereocenters. The van der Waals surface area contributed by atoms with Crippen LogP contribution in [-0.4, -0.2) is 17.4 Å². The lowest BCUT2D eigenvalue weighted by atomic mass is 10.0. The van der Waals surface area contributed by atoms with E-state index < -0.39 is 17.3 Å². The molecule has 0 fully saturated rings. The quantitative estimate of drug-likeness (QED) is 0.655. The number of nitrogen functional groups attached to an aromatic ring is 1. The van der Waals surface area contributed by atoms with Crippen LogP contribution in [-0.2, 0) is 0 Å². The fourth-order valence-electron chi connectivity index (χ4n) is 1.81. The van der Waals surface area contributed by atoms with Crippen LogP contribution in [0, 0.1) is 5.82 Å². The minimum atomic E-state index is -1.41. The van der Waals surface area contributed by atoms with E-state index in [2.05, 4.69) is 0 Å². The van der Waals surface area contributed by atoms with E-state index >= 15 is 0 Å². The van der Waals surface area contributed by atoms with Gasteiger partial charge in [-0.3, -0.25) is 4.79 Å². The molecule has 0 radical (unpaired) electrons. The van der Waals surface area contributed by atoms with Gasteiger partial charge in [0, 0.05) is 11.3 Å². The van der Waals surface area contributed by atoms with Gasteiger partial charge in [-0.15, -0.1) is 0 Å². The Morgan fingerprint density at radius 2 is 1.95 bits per heavy atom. The first-order valence-corrected chi connectivity index (χ1v) is 5.41. The Bertz CT molecular complexity index is 644. The molecule has 0 bridgehead atoms.